The summed E-state index contributed by atoms with van der Waals surface area (Å²) in [5.74, 6) is -0.0385. The van der Waals surface area contributed by atoms with Crippen LogP contribution in [-0.4, -0.2) is 18.1 Å². The van der Waals surface area contributed by atoms with Gasteiger partial charge >= 0.3 is 12.0 Å². The number of allylic oxidation sites excluding steroid dienone is 1. The van der Waals surface area contributed by atoms with Crippen LogP contribution < -0.4 is 10.6 Å². The zero-order valence-corrected chi connectivity index (χ0v) is 14.5. The van der Waals surface area contributed by atoms with Gasteiger partial charge in [0, 0.05) is 10.7 Å². The summed E-state index contributed by atoms with van der Waals surface area (Å²) in [6.45, 7) is 3.80. The lowest BCUT2D eigenvalue weighted by Crippen LogP contribution is -2.45. The molecule has 24 heavy (non-hydrogen) atoms. The van der Waals surface area contributed by atoms with E-state index in [4.69, 9.17) is 16.3 Å². The molecule has 6 heteroatoms. The maximum absolute atomic E-state index is 12.8. The van der Waals surface area contributed by atoms with Crippen molar-refractivity contribution in [1.29, 1.82) is 0 Å². The Morgan fingerprint density at radius 2 is 2.04 bits per heavy atom. The van der Waals surface area contributed by atoms with Crippen LogP contribution in [0.25, 0.3) is 0 Å². The molecule has 1 aromatic rings. The average Bonchev–Trinajstić information content (AvgIpc) is 2.92. The van der Waals surface area contributed by atoms with E-state index in [1.807, 2.05) is 12.1 Å². The number of hydrogen-bond acceptors (Lipinski definition) is 3. The number of amides is 2. The molecule has 0 radical (unpaired) electrons. The number of rotatable bonds is 3. The third-order valence-electron chi connectivity index (χ3n) is 4.75. The lowest BCUT2D eigenvalue weighted by Gasteiger charge is -2.29. The molecule has 1 aliphatic heterocycles. The Balaban J connectivity index is 1.92. The van der Waals surface area contributed by atoms with Crippen molar-refractivity contribution in [2.75, 3.05) is 0 Å². The van der Waals surface area contributed by atoms with E-state index in [1.165, 1.54) is 0 Å². The third-order valence-corrected chi connectivity index (χ3v) is 5.09. The molecule has 2 amide bonds. The van der Waals surface area contributed by atoms with E-state index < -0.39 is 12.0 Å². The summed E-state index contributed by atoms with van der Waals surface area (Å²) in [6.07, 6.45) is 2.96. The molecule has 0 saturated heterocycles. The van der Waals surface area contributed by atoms with E-state index >= 15 is 0 Å². The van der Waals surface area contributed by atoms with Crippen LogP contribution in [0.15, 0.2) is 35.5 Å². The zero-order chi connectivity index (χ0) is 17.3. The minimum Gasteiger partial charge on any atom is -0.459 e. The molecule has 2 aliphatic rings. The van der Waals surface area contributed by atoms with E-state index in [-0.39, 0.29) is 12.1 Å². The van der Waals surface area contributed by atoms with Gasteiger partial charge < -0.3 is 15.4 Å². The molecule has 3 atom stereocenters. The number of carbonyl (C=O) groups is 2. The highest BCUT2D eigenvalue weighted by Crippen LogP contribution is 2.34. The molecule has 1 heterocycles. The quantitative estimate of drug-likeness (QED) is 0.818. The Morgan fingerprint density at radius 1 is 1.29 bits per heavy atom. The maximum atomic E-state index is 12.8. The first-order valence-corrected chi connectivity index (χ1v) is 8.59. The zero-order valence-electron chi connectivity index (χ0n) is 13.8. The van der Waals surface area contributed by atoms with Crippen LogP contribution in [0.4, 0.5) is 4.79 Å². The van der Waals surface area contributed by atoms with Crippen molar-refractivity contribution in [3.8, 4) is 0 Å². The number of esters is 1. The predicted octanol–water partition coefficient (Wildman–Crippen LogP) is 3.70. The first kappa shape index (κ1) is 16.8. The van der Waals surface area contributed by atoms with Gasteiger partial charge in [-0.25, -0.2) is 9.59 Å². The molecular formula is C18H21ClN2O3. The SMILES string of the molecule is CC1=C(C(=O)O[C@H]2CCC[C@@H]2C)[C@H](c2ccccc2Cl)NC(=O)N1. The normalized spacial score (nSPS) is 26.8. The van der Waals surface area contributed by atoms with Gasteiger partial charge in [-0.05, 0) is 43.7 Å². The summed E-state index contributed by atoms with van der Waals surface area (Å²) in [6, 6.07) is 6.20. The third kappa shape index (κ3) is 3.26. The number of hydrogen-bond donors (Lipinski definition) is 2. The summed E-state index contributed by atoms with van der Waals surface area (Å²) in [5.41, 5.74) is 1.58. The summed E-state index contributed by atoms with van der Waals surface area (Å²) >= 11 is 6.27. The number of halogens is 1. The Bertz CT molecular complexity index is 701. The number of ether oxygens (including phenoxy) is 1. The molecule has 3 rings (SSSR count). The number of urea groups is 1. The smallest absolute Gasteiger partial charge is 0.338 e. The van der Waals surface area contributed by atoms with Crippen molar-refractivity contribution < 1.29 is 14.3 Å². The summed E-state index contributed by atoms with van der Waals surface area (Å²) in [5, 5.41) is 5.93. The Morgan fingerprint density at radius 3 is 2.71 bits per heavy atom. The van der Waals surface area contributed by atoms with Crippen molar-refractivity contribution in [2.45, 2.75) is 45.3 Å². The molecule has 2 N–H and O–H groups in total. The first-order valence-electron chi connectivity index (χ1n) is 8.21. The fourth-order valence-electron chi connectivity index (χ4n) is 3.39. The second-order valence-corrected chi connectivity index (χ2v) is 6.85. The van der Waals surface area contributed by atoms with Gasteiger partial charge in [0.1, 0.15) is 6.10 Å². The standard InChI is InChI=1S/C18H21ClN2O3/c1-10-6-5-9-14(10)24-17(22)15-11(2)20-18(23)21-16(15)12-7-3-4-8-13(12)19/h3-4,7-8,10,14,16H,5-6,9H2,1-2H3,(H2,20,21,23)/t10-,14-,16-/m0/s1. The van der Waals surface area contributed by atoms with Gasteiger partial charge in [0.05, 0.1) is 11.6 Å². The van der Waals surface area contributed by atoms with Crippen LogP contribution in [0.1, 0.15) is 44.7 Å². The monoisotopic (exact) mass is 348 g/mol. The molecular weight excluding hydrogens is 328 g/mol. The van der Waals surface area contributed by atoms with E-state index in [2.05, 4.69) is 17.6 Å². The number of benzene rings is 1. The largest absolute Gasteiger partial charge is 0.459 e. The molecule has 1 fully saturated rings. The Labute approximate surface area is 146 Å². The Kier molecular flexibility index (Phi) is 4.81. The molecule has 1 aliphatic carbocycles. The summed E-state index contributed by atoms with van der Waals surface area (Å²) in [7, 11) is 0. The summed E-state index contributed by atoms with van der Waals surface area (Å²) < 4.78 is 5.73. The summed E-state index contributed by atoms with van der Waals surface area (Å²) in [4.78, 5) is 24.7. The number of nitrogens with one attached hydrogen (secondary N) is 2. The average molecular weight is 349 g/mol. The Hall–Kier alpha value is -2.01. The van der Waals surface area contributed by atoms with Gasteiger partial charge in [-0.15, -0.1) is 0 Å². The van der Waals surface area contributed by atoms with Crippen molar-refractivity contribution >= 4 is 23.6 Å². The molecule has 0 aromatic heterocycles. The number of carbonyl (C=O) groups excluding carboxylic acids is 2. The lowest BCUT2D eigenvalue weighted by molar-refractivity contribution is -0.146. The predicted molar refractivity (Wildman–Crippen MR) is 91.5 cm³/mol. The molecule has 0 unspecified atom stereocenters. The molecule has 0 bridgehead atoms. The first-order chi connectivity index (χ1) is 11.5. The second-order valence-electron chi connectivity index (χ2n) is 6.44. The minimum atomic E-state index is -0.614. The second kappa shape index (κ2) is 6.85. The van der Waals surface area contributed by atoms with Crippen LogP contribution in [-0.2, 0) is 9.53 Å². The molecule has 0 spiro atoms. The highest BCUT2D eigenvalue weighted by atomic mass is 35.5. The van der Waals surface area contributed by atoms with E-state index in [9.17, 15) is 9.59 Å². The van der Waals surface area contributed by atoms with E-state index in [1.54, 1.807) is 19.1 Å². The van der Waals surface area contributed by atoms with Gasteiger partial charge in [0.15, 0.2) is 0 Å². The molecule has 1 saturated carbocycles. The lowest BCUT2D eigenvalue weighted by atomic mass is 9.95. The highest BCUT2D eigenvalue weighted by Gasteiger charge is 2.36. The fourth-order valence-corrected chi connectivity index (χ4v) is 3.64. The topological polar surface area (TPSA) is 67.4 Å². The van der Waals surface area contributed by atoms with E-state index in [0.717, 1.165) is 19.3 Å². The molecule has 5 nitrogen and oxygen atoms in total. The van der Waals surface area contributed by atoms with Crippen LogP contribution in [0.3, 0.4) is 0 Å². The molecule has 1 aromatic carbocycles. The fraction of sp³-hybridized carbons (Fsp3) is 0.444. The molecule has 128 valence electrons. The van der Waals surface area contributed by atoms with Gasteiger partial charge in [0.2, 0.25) is 0 Å². The van der Waals surface area contributed by atoms with Crippen molar-refractivity contribution in [2.24, 2.45) is 5.92 Å². The van der Waals surface area contributed by atoms with Crippen molar-refractivity contribution in [1.82, 2.24) is 10.6 Å². The van der Waals surface area contributed by atoms with Crippen molar-refractivity contribution in [3.63, 3.8) is 0 Å². The minimum absolute atomic E-state index is 0.0673. The van der Waals surface area contributed by atoms with Crippen LogP contribution >= 0.6 is 11.6 Å². The highest BCUT2D eigenvalue weighted by molar-refractivity contribution is 6.31. The van der Waals surface area contributed by atoms with E-state index in [0.29, 0.717) is 27.8 Å². The van der Waals surface area contributed by atoms with Gasteiger partial charge in [-0.1, -0.05) is 36.7 Å². The van der Waals surface area contributed by atoms with Crippen molar-refractivity contribution in [3.05, 3.63) is 46.1 Å². The van der Waals surface area contributed by atoms with Crippen LogP contribution in [0, 0.1) is 5.92 Å². The maximum Gasteiger partial charge on any atom is 0.338 e. The van der Waals surface area contributed by atoms with Gasteiger partial charge in [-0.2, -0.15) is 0 Å². The van der Waals surface area contributed by atoms with Gasteiger partial charge in [-0.3, -0.25) is 0 Å². The van der Waals surface area contributed by atoms with Crippen LogP contribution in [0.2, 0.25) is 5.02 Å². The van der Waals surface area contributed by atoms with Crippen LogP contribution in [0.5, 0.6) is 0 Å². The van der Waals surface area contributed by atoms with Gasteiger partial charge in [0.25, 0.3) is 0 Å².